The normalized spacial score (nSPS) is 12.4. The van der Waals surface area contributed by atoms with Gasteiger partial charge in [0.15, 0.2) is 0 Å². The first-order valence-corrected chi connectivity index (χ1v) is 13.2. The summed E-state index contributed by atoms with van der Waals surface area (Å²) in [4.78, 5) is 29.5. The smallest absolute Gasteiger partial charge is 0.239 e. The summed E-state index contributed by atoms with van der Waals surface area (Å²) >= 11 is 0. The van der Waals surface area contributed by atoms with Gasteiger partial charge in [-0.2, -0.15) is 0 Å². The van der Waals surface area contributed by atoms with Gasteiger partial charge in [-0.15, -0.1) is 0 Å². The third-order valence-electron chi connectivity index (χ3n) is 6.31. The van der Waals surface area contributed by atoms with E-state index in [4.69, 9.17) is 11.5 Å². The predicted molar refractivity (Wildman–Crippen MR) is 154 cm³/mol. The number of amides is 2. The monoisotopic (exact) mass is 532 g/mol. The van der Waals surface area contributed by atoms with Gasteiger partial charge in [0.25, 0.3) is 0 Å². The van der Waals surface area contributed by atoms with Crippen molar-refractivity contribution in [2.24, 2.45) is 11.5 Å². The number of aromatic nitrogens is 2. The van der Waals surface area contributed by atoms with Crippen LogP contribution in [0.1, 0.15) is 30.5 Å². The fraction of sp³-hybridized carbons (Fsp3) is 0.345. The molecule has 2 amide bonds. The Bertz CT molecular complexity index is 1210. The minimum Gasteiger partial charge on any atom is -0.381 e. The molecule has 0 bridgehead atoms. The predicted octanol–water partition coefficient (Wildman–Crippen LogP) is 1.34. The van der Waals surface area contributed by atoms with E-state index in [2.05, 4.69) is 39.4 Å². The van der Waals surface area contributed by atoms with E-state index < -0.39 is 6.04 Å². The van der Waals surface area contributed by atoms with Gasteiger partial charge in [-0.3, -0.25) is 9.59 Å². The van der Waals surface area contributed by atoms with Crippen molar-refractivity contribution in [1.82, 2.24) is 30.7 Å². The Morgan fingerprint density at radius 2 is 1.62 bits per heavy atom. The topological polar surface area (TPSA) is 152 Å². The van der Waals surface area contributed by atoms with Crippen LogP contribution in [0.3, 0.4) is 0 Å². The number of benzene rings is 1. The number of imidazole rings is 1. The van der Waals surface area contributed by atoms with Crippen LogP contribution in [0.2, 0.25) is 0 Å². The number of nitrogens with one attached hydrogen (secondary N) is 4. The molecule has 3 aromatic rings. The van der Waals surface area contributed by atoms with E-state index in [1.807, 2.05) is 65.3 Å². The van der Waals surface area contributed by atoms with Gasteiger partial charge >= 0.3 is 0 Å². The van der Waals surface area contributed by atoms with Crippen molar-refractivity contribution in [2.75, 3.05) is 19.6 Å². The summed E-state index contributed by atoms with van der Waals surface area (Å²) in [6.45, 7) is 9.18. The van der Waals surface area contributed by atoms with Gasteiger partial charge in [0.1, 0.15) is 5.65 Å². The molecule has 2 unspecified atom stereocenters. The number of carbonyl (C=O) groups excluding carboxylic acids is 2. The number of carbonyl (C=O) groups is 2. The van der Waals surface area contributed by atoms with Crippen LogP contribution in [-0.2, 0) is 22.6 Å². The zero-order valence-corrected chi connectivity index (χ0v) is 22.4. The van der Waals surface area contributed by atoms with Gasteiger partial charge in [-0.25, -0.2) is 4.98 Å². The highest BCUT2D eigenvalue weighted by Crippen LogP contribution is 2.10. The van der Waals surface area contributed by atoms with E-state index in [0.29, 0.717) is 37.3 Å². The molecule has 3 rings (SSSR count). The van der Waals surface area contributed by atoms with Gasteiger partial charge in [0.05, 0.1) is 37.4 Å². The minimum atomic E-state index is -0.418. The first kappa shape index (κ1) is 29.4. The second-order valence-electron chi connectivity index (χ2n) is 9.37. The van der Waals surface area contributed by atoms with Crippen LogP contribution in [-0.4, -0.2) is 52.9 Å². The average Bonchev–Trinajstić information content (AvgIpc) is 3.37. The molecule has 0 aliphatic carbocycles. The summed E-state index contributed by atoms with van der Waals surface area (Å²) in [6, 6.07) is 14.9. The van der Waals surface area contributed by atoms with Gasteiger partial charge in [-0.05, 0) is 49.9 Å². The number of fused-ring (bicyclic) bond motifs is 1. The number of nitrogens with two attached hydrogens (primary N) is 2. The molecule has 0 aliphatic heterocycles. The van der Waals surface area contributed by atoms with E-state index in [-0.39, 0.29) is 30.9 Å². The second kappa shape index (κ2) is 15.3. The summed E-state index contributed by atoms with van der Waals surface area (Å²) in [5, 5.41) is 12.3. The summed E-state index contributed by atoms with van der Waals surface area (Å²) in [5.74, 6) is -0.510. The third-order valence-corrected chi connectivity index (χ3v) is 6.31. The average molecular weight is 533 g/mol. The molecule has 0 spiro atoms. The molecule has 10 heteroatoms. The first-order chi connectivity index (χ1) is 18.9. The van der Waals surface area contributed by atoms with Crippen molar-refractivity contribution in [3.63, 3.8) is 0 Å². The second-order valence-corrected chi connectivity index (χ2v) is 9.37. The van der Waals surface area contributed by atoms with Crippen LogP contribution < -0.4 is 32.7 Å². The Kier molecular flexibility index (Phi) is 11.5. The van der Waals surface area contributed by atoms with Crippen molar-refractivity contribution >= 4 is 17.5 Å². The molecule has 0 saturated heterocycles. The molecule has 10 nitrogen and oxygen atoms in total. The van der Waals surface area contributed by atoms with Crippen LogP contribution >= 0.6 is 0 Å². The Balaban J connectivity index is 1.55. The Morgan fingerprint density at radius 3 is 2.33 bits per heavy atom. The van der Waals surface area contributed by atoms with Crippen molar-refractivity contribution in [3.05, 3.63) is 96.7 Å². The number of hydrogen-bond donors (Lipinski definition) is 6. The van der Waals surface area contributed by atoms with Crippen LogP contribution in [0.5, 0.6) is 0 Å². The maximum Gasteiger partial charge on any atom is 0.239 e. The van der Waals surface area contributed by atoms with Crippen LogP contribution in [0.4, 0.5) is 0 Å². The lowest BCUT2D eigenvalue weighted by molar-refractivity contribution is -0.120. The maximum atomic E-state index is 12.9. The molecular formula is C29H40N8O2. The highest BCUT2D eigenvalue weighted by atomic mass is 16.2. The lowest BCUT2D eigenvalue weighted by atomic mass is 10.0. The quantitative estimate of drug-likeness (QED) is 0.144. The molecule has 0 saturated carbocycles. The molecule has 0 radical (unpaired) electrons. The fourth-order valence-electron chi connectivity index (χ4n) is 4.15. The Morgan fingerprint density at radius 1 is 0.897 bits per heavy atom. The largest absolute Gasteiger partial charge is 0.381 e. The van der Waals surface area contributed by atoms with E-state index in [1.54, 1.807) is 0 Å². The van der Waals surface area contributed by atoms with Gasteiger partial charge in [0, 0.05) is 23.8 Å². The summed E-state index contributed by atoms with van der Waals surface area (Å²) in [7, 11) is 0. The SMILES string of the molecule is C=C(NCc1cn2ccccc2n1)C(CCCCN)NC(=O)CNC(=C)C(Cc1ccccc1)NC(=O)CN. The summed E-state index contributed by atoms with van der Waals surface area (Å²) in [5.41, 5.74) is 15.2. The molecule has 39 heavy (non-hydrogen) atoms. The fourth-order valence-corrected chi connectivity index (χ4v) is 4.15. The lowest BCUT2D eigenvalue weighted by Gasteiger charge is -2.24. The van der Waals surface area contributed by atoms with Crippen LogP contribution in [0.15, 0.2) is 85.5 Å². The molecule has 2 atom stereocenters. The van der Waals surface area contributed by atoms with Crippen molar-refractivity contribution in [1.29, 1.82) is 0 Å². The molecule has 0 fully saturated rings. The number of unbranched alkanes of at least 4 members (excludes halogenated alkanes) is 1. The van der Waals surface area contributed by atoms with Gasteiger partial charge < -0.3 is 37.1 Å². The van der Waals surface area contributed by atoms with Gasteiger partial charge in [-0.1, -0.05) is 49.6 Å². The highest BCUT2D eigenvalue weighted by molar-refractivity contribution is 5.79. The summed E-state index contributed by atoms with van der Waals surface area (Å²) < 4.78 is 1.96. The maximum absolute atomic E-state index is 12.9. The van der Waals surface area contributed by atoms with Gasteiger partial charge in [0.2, 0.25) is 11.8 Å². The molecule has 0 aliphatic rings. The van der Waals surface area contributed by atoms with Crippen LogP contribution in [0, 0.1) is 0 Å². The first-order valence-electron chi connectivity index (χ1n) is 13.2. The zero-order chi connectivity index (χ0) is 28.0. The summed E-state index contributed by atoms with van der Waals surface area (Å²) in [6.07, 6.45) is 6.82. The van der Waals surface area contributed by atoms with Crippen LogP contribution in [0.25, 0.3) is 5.65 Å². The third kappa shape index (κ3) is 9.59. The molecular weight excluding hydrogens is 492 g/mol. The van der Waals surface area contributed by atoms with Crippen molar-refractivity contribution in [3.8, 4) is 0 Å². The number of hydrogen-bond acceptors (Lipinski definition) is 7. The lowest BCUT2D eigenvalue weighted by Crippen LogP contribution is -2.47. The highest BCUT2D eigenvalue weighted by Gasteiger charge is 2.19. The van der Waals surface area contributed by atoms with E-state index in [9.17, 15) is 9.59 Å². The van der Waals surface area contributed by atoms with Crippen molar-refractivity contribution in [2.45, 2.75) is 44.3 Å². The minimum absolute atomic E-state index is 0.00424. The Labute approximate surface area is 229 Å². The molecule has 208 valence electrons. The molecule has 2 heterocycles. The number of nitrogens with zero attached hydrogens (tertiary/aromatic N) is 2. The number of pyridine rings is 1. The Hall–Kier alpha value is -4.15. The molecule has 1 aromatic carbocycles. The van der Waals surface area contributed by atoms with E-state index in [0.717, 1.165) is 29.7 Å². The van der Waals surface area contributed by atoms with E-state index >= 15 is 0 Å². The van der Waals surface area contributed by atoms with Crippen molar-refractivity contribution < 1.29 is 9.59 Å². The standard InChI is InChI=1S/C29H40N8O2/c1-21(32-18-24-20-37-15-9-7-13-27(37)34-24)25(12-6-8-14-30)35-29(39)19-33-22(2)26(36-28(38)17-31)16-23-10-4-3-5-11-23/h3-5,7,9-11,13,15,20,25-26,32-33H,1-2,6,8,12,14,16-19,30-31H2,(H,35,39)(H,36,38). The molecule has 2 aromatic heterocycles. The zero-order valence-electron chi connectivity index (χ0n) is 22.4. The van der Waals surface area contributed by atoms with E-state index in [1.165, 1.54) is 0 Å². The number of rotatable bonds is 17. The molecule has 8 N–H and O–H groups in total.